The monoisotopic (exact) mass is 469 g/mol. The Kier molecular flexibility index (Phi) is 6.32. The average Bonchev–Trinajstić information content (AvgIpc) is 3.27. The van der Waals surface area contributed by atoms with Crippen LogP contribution in [0.2, 0.25) is 0 Å². The van der Waals surface area contributed by atoms with E-state index in [4.69, 9.17) is 0 Å². The van der Waals surface area contributed by atoms with Gasteiger partial charge in [0.2, 0.25) is 5.91 Å². The summed E-state index contributed by atoms with van der Waals surface area (Å²) in [6.07, 6.45) is 7.17. The van der Waals surface area contributed by atoms with E-state index < -0.39 is 5.54 Å². The van der Waals surface area contributed by atoms with Crippen molar-refractivity contribution in [2.75, 3.05) is 19.6 Å². The molecule has 2 aromatic heterocycles. The van der Waals surface area contributed by atoms with Crippen molar-refractivity contribution in [2.45, 2.75) is 44.6 Å². The summed E-state index contributed by atoms with van der Waals surface area (Å²) >= 11 is 0. The van der Waals surface area contributed by atoms with Gasteiger partial charge in [-0.15, -0.1) is 0 Å². The normalized spacial score (nSPS) is 22.3. The summed E-state index contributed by atoms with van der Waals surface area (Å²) in [4.78, 5) is 43.8. The largest absolute Gasteiger partial charge is 0.334 e. The lowest BCUT2D eigenvalue weighted by molar-refractivity contribution is -0.143. The average molecular weight is 470 g/mol. The molecule has 2 saturated heterocycles. The van der Waals surface area contributed by atoms with Gasteiger partial charge in [-0.25, -0.2) is 15.0 Å². The Morgan fingerprint density at radius 2 is 1.86 bits per heavy atom. The van der Waals surface area contributed by atoms with Crippen molar-refractivity contribution in [3.05, 3.63) is 78.5 Å². The van der Waals surface area contributed by atoms with E-state index in [2.05, 4.69) is 45.8 Å². The van der Waals surface area contributed by atoms with E-state index in [-0.39, 0.29) is 17.7 Å². The molecule has 0 aliphatic carbocycles. The number of piperidine rings is 1. The number of hydrogen-bond acceptors (Lipinski definition) is 5. The van der Waals surface area contributed by atoms with Gasteiger partial charge >= 0.3 is 0 Å². The van der Waals surface area contributed by atoms with Gasteiger partial charge in [-0.1, -0.05) is 50.2 Å². The molecule has 1 aromatic carbocycles. The van der Waals surface area contributed by atoms with Crippen LogP contribution in [0.1, 0.15) is 55.1 Å². The van der Waals surface area contributed by atoms with Crippen LogP contribution >= 0.6 is 0 Å². The molecule has 2 atom stereocenters. The first kappa shape index (κ1) is 23.1. The Bertz CT molecular complexity index is 1200. The van der Waals surface area contributed by atoms with Gasteiger partial charge in [-0.3, -0.25) is 9.59 Å². The number of hydrogen-bond donors (Lipinski definition) is 0. The van der Waals surface area contributed by atoms with Crippen molar-refractivity contribution >= 4 is 11.8 Å². The fourth-order valence-corrected chi connectivity index (χ4v) is 5.70. The third-order valence-corrected chi connectivity index (χ3v) is 7.22. The van der Waals surface area contributed by atoms with Crippen LogP contribution < -0.4 is 0 Å². The second kappa shape index (κ2) is 9.56. The van der Waals surface area contributed by atoms with Gasteiger partial charge in [0.25, 0.3) is 5.91 Å². The highest BCUT2D eigenvalue weighted by Gasteiger charge is 2.55. The van der Waals surface area contributed by atoms with Crippen molar-refractivity contribution < 1.29 is 9.59 Å². The lowest BCUT2D eigenvalue weighted by Crippen LogP contribution is -2.59. The van der Waals surface area contributed by atoms with Crippen molar-refractivity contribution in [3.63, 3.8) is 0 Å². The number of rotatable bonds is 5. The Labute approximate surface area is 206 Å². The highest BCUT2D eigenvalue weighted by Crippen LogP contribution is 2.46. The molecule has 0 N–H and O–H groups in total. The molecule has 2 aliphatic heterocycles. The quantitative estimate of drug-likeness (QED) is 0.560. The molecule has 0 saturated carbocycles. The zero-order chi connectivity index (χ0) is 24.4. The topological polar surface area (TPSA) is 79.3 Å². The van der Waals surface area contributed by atoms with Crippen molar-refractivity contribution in [3.8, 4) is 11.3 Å². The van der Waals surface area contributed by atoms with Crippen LogP contribution in [0.25, 0.3) is 11.3 Å². The van der Waals surface area contributed by atoms with Gasteiger partial charge in [-0.2, -0.15) is 0 Å². The number of amides is 2. The number of carbonyl (C=O) groups excluding carboxylic acids is 2. The standard InChI is InChI=1S/C28H31N5O2/c1-20(2)16-33-26(34)12-7-13-28(33)18-32(17-23(28)21-8-4-3-5-9-21)27(35)25-11-6-10-24(31-25)22-14-29-19-30-15-22/h3-6,8-11,14-15,19-20,23H,7,12-13,16-18H2,1-2H3/t23-,28+/m0/s1. The Hall–Kier alpha value is -3.61. The number of nitrogens with zero attached hydrogens (tertiary/aromatic N) is 5. The molecule has 35 heavy (non-hydrogen) atoms. The van der Waals surface area contributed by atoms with Crippen LogP contribution in [0, 0.1) is 5.92 Å². The molecule has 4 heterocycles. The summed E-state index contributed by atoms with van der Waals surface area (Å²) in [7, 11) is 0. The number of benzene rings is 1. The molecule has 1 spiro atoms. The summed E-state index contributed by atoms with van der Waals surface area (Å²) < 4.78 is 0. The van der Waals surface area contributed by atoms with Crippen molar-refractivity contribution in [1.82, 2.24) is 24.8 Å². The number of pyridine rings is 1. The van der Waals surface area contributed by atoms with Crippen LogP contribution in [0.5, 0.6) is 0 Å². The minimum absolute atomic E-state index is 0.0568. The van der Waals surface area contributed by atoms with Crippen LogP contribution in [-0.4, -0.2) is 61.7 Å². The lowest BCUT2D eigenvalue weighted by atomic mass is 9.74. The zero-order valence-electron chi connectivity index (χ0n) is 20.3. The highest BCUT2D eigenvalue weighted by molar-refractivity contribution is 5.93. The Morgan fingerprint density at radius 1 is 1.09 bits per heavy atom. The summed E-state index contributed by atoms with van der Waals surface area (Å²) in [5.74, 6) is 0.497. The first-order valence-electron chi connectivity index (χ1n) is 12.3. The maximum atomic E-state index is 13.8. The summed E-state index contributed by atoms with van der Waals surface area (Å²) in [6.45, 7) is 6.07. The minimum Gasteiger partial charge on any atom is -0.334 e. The van der Waals surface area contributed by atoms with Gasteiger partial charge in [0.05, 0.1) is 11.2 Å². The van der Waals surface area contributed by atoms with Crippen LogP contribution in [0.4, 0.5) is 0 Å². The van der Waals surface area contributed by atoms with E-state index in [0.717, 1.165) is 18.4 Å². The van der Waals surface area contributed by atoms with E-state index in [9.17, 15) is 9.59 Å². The third kappa shape index (κ3) is 4.43. The zero-order valence-corrected chi connectivity index (χ0v) is 20.3. The second-order valence-electron chi connectivity index (χ2n) is 10.0. The van der Waals surface area contributed by atoms with Crippen LogP contribution in [0.3, 0.4) is 0 Å². The molecule has 0 bridgehead atoms. The van der Waals surface area contributed by atoms with Gasteiger partial charge in [0.15, 0.2) is 0 Å². The SMILES string of the molecule is CC(C)CN1C(=O)CCC[C@]12CN(C(=O)c1cccc(-c3cncnc3)n1)C[C@H]2c1ccccc1. The first-order valence-corrected chi connectivity index (χ1v) is 12.3. The molecule has 5 rings (SSSR count). The van der Waals surface area contributed by atoms with E-state index in [1.165, 1.54) is 11.9 Å². The molecular weight excluding hydrogens is 438 g/mol. The molecule has 2 fully saturated rings. The fourth-order valence-electron chi connectivity index (χ4n) is 5.70. The number of carbonyl (C=O) groups is 2. The van der Waals surface area contributed by atoms with E-state index in [1.807, 2.05) is 35.2 Å². The molecular formula is C28H31N5O2. The third-order valence-electron chi connectivity index (χ3n) is 7.22. The molecule has 7 heteroatoms. The number of aromatic nitrogens is 3. The van der Waals surface area contributed by atoms with Crippen molar-refractivity contribution in [1.29, 1.82) is 0 Å². The first-order chi connectivity index (χ1) is 17.0. The van der Waals surface area contributed by atoms with Crippen LogP contribution in [0.15, 0.2) is 67.3 Å². The summed E-state index contributed by atoms with van der Waals surface area (Å²) in [5, 5.41) is 0. The van der Waals surface area contributed by atoms with Gasteiger partial charge in [-0.05, 0) is 36.5 Å². The van der Waals surface area contributed by atoms with E-state index >= 15 is 0 Å². The van der Waals surface area contributed by atoms with E-state index in [1.54, 1.807) is 18.5 Å². The molecule has 3 aromatic rings. The Morgan fingerprint density at radius 3 is 2.60 bits per heavy atom. The number of likely N-dealkylation sites (tertiary alicyclic amines) is 2. The van der Waals surface area contributed by atoms with Gasteiger partial charge < -0.3 is 9.80 Å². The maximum Gasteiger partial charge on any atom is 0.272 e. The summed E-state index contributed by atoms with van der Waals surface area (Å²) in [6, 6.07) is 15.8. The van der Waals surface area contributed by atoms with Crippen molar-refractivity contribution in [2.24, 2.45) is 5.92 Å². The minimum atomic E-state index is -0.401. The predicted octanol–water partition coefficient (Wildman–Crippen LogP) is 4.19. The second-order valence-corrected chi connectivity index (χ2v) is 10.0. The summed E-state index contributed by atoms with van der Waals surface area (Å²) in [5.41, 5.74) is 2.60. The highest BCUT2D eigenvalue weighted by atomic mass is 16.2. The molecule has 2 amide bonds. The molecule has 2 aliphatic rings. The molecule has 7 nitrogen and oxygen atoms in total. The Balaban J connectivity index is 1.51. The van der Waals surface area contributed by atoms with Gasteiger partial charge in [0.1, 0.15) is 12.0 Å². The van der Waals surface area contributed by atoms with E-state index in [0.29, 0.717) is 43.4 Å². The molecule has 0 radical (unpaired) electrons. The fraction of sp³-hybridized carbons (Fsp3) is 0.393. The molecule has 180 valence electrons. The predicted molar refractivity (Wildman–Crippen MR) is 133 cm³/mol. The maximum absolute atomic E-state index is 13.8. The smallest absolute Gasteiger partial charge is 0.272 e. The lowest BCUT2D eigenvalue weighted by Gasteiger charge is -2.48. The van der Waals surface area contributed by atoms with Crippen LogP contribution in [-0.2, 0) is 4.79 Å². The van der Waals surface area contributed by atoms with Gasteiger partial charge in [0, 0.05) is 49.9 Å². The molecule has 0 unspecified atom stereocenters.